The van der Waals surface area contributed by atoms with Crippen molar-refractivity contribution in [3.8, 4) is 0 Å². The van der Waals surface area contributed by atoms with Crippen molar-refractivity contribution < 1.29 is 13.2 Å². The van der Waals surface area contributed by atoms with Crippen LogP contribution in [0.4, 0.5) is 5.69 Å². The van der Waals surface area contributed by atoms with Gasteiger partial charge >= 0.3 is 0 Å². The van der Waals surface area contributed by atoms with E-state index in [-0.39, 0.29) is 18.4 Å². The number of anilines is 1. The lowest BCUT2D eigenvalue weighted by molar-refractivity contribution is -0.134. The van der Waals surface area contributed by atoms with Crippen LogP contribution in [0.5, 0.6) is 0 Å². The summed E-state index contributed by atoms with van der Waals surface area (Å²) in [5, 5.41) is 0. The Morgan fingerprint density at radius 3 is 2.87 bits per heavy atom. The molecule has 3 N–H and O–H groups in total. The topological polar surface area (TPSA) is 105 Å². The number of nitrogens with zero attached hydrogens (tertiary/aromatic N) is 2. The number of amides is 1. The molecule has 1 unspecified atom stereocenters. The summed E-state index contributed by atoms with van der Waals surface area (Å²) in [6.07, 6.45) is 6.52. The third kappa shape index (κ3) is 5.80. The summed E-state index contributed by atoms with van der Waals surface area (Å²) in [5.41, 5.74) is 6.87. The van der Waals surface area contributed by atoms with E-state index in [1.807, 2.05) is 4.90 Å². The Balaban J connectivity index is 1.93. The van der Waals surface area contributed by atoms with Crippen LogP contribution in [0.2, 0.25) is 0 Å². The smallest absolute Gasteiger partial charge is 0.228 e. The van der Waals surface area contributed by atoms with Gasteiger partial charge in [0.2, 0.25) is 15.9 Å². The van der Waals surface area contributed by atoms with Crippen molar-refractivity contribution in [2.24, 2.45) is 0 Å². The molecule has 0 radical (unpaired) electrons. The van der Waals surface area contributed by atoms with Gasteiger partial charge in [-0.15, -0.1) is 0 Å². The van der Waals surface area contributed by atoms with E-state index in [2.05, 4.69) is 9.71 Å². The average molecular weight is 340 g/mol. The van der Waals surface area contributed by atoms with Crippen LogP contribution in [0.3, 0.4) is 0 Å². The Hall–Kier alpha value is -1.67. The number of aromatic nitrogens is 1. The summed E-state index contributed by atoms with van der Waals surface area (Å²) < 4.78 is 24.8. The number of hydrogen-bond donors (Lipinski definition) is 2. The van der Waals surface area contributed by atoms with Gasteiger partial charge in [0.15, 0.2) is 0 Å². The lowest BCUT2D eigenvalue weighted by atomic mass is 9.98. The molecule has 1 aromatic rings. The van der Waals surface area contributed by atoms with Gasteiger partial charge < -0.3 is 10.6 Å². The van der Waals surface area contributed by atoms with Crippen molar-refractivity contribution in [1.29, 1.82) is 0 Å². The van der Waals surface area contributed by atoms with Gasteiger partial charge in [0, 0.05) is 24.8 Å². The number of piperidine rings is 1. The fourth-order valence-electron chi connectivity index (χ4n) is 2.84. The molecule has 0 bridgehead atoms. The highest BCUT2D eigenvalue weighted by atomic mass is 32.2. The van der Waals surface area contributed by atoms with Gasteiger partial charge in [0.1, 0.15) is 0 Å². The zero-order chi connectivity index (χ0) is 16.9. The highest BCUT2D eigenvalue weighted by Crippen LogP contribution is 2.20. The van der Waals surface area contributed by atoms with Gasteiger partial charge in [-0.1, -0.05) is 0 Å². The summed E-state index contributed by atoms with van der Waals surface area (Å²) in [4.78, 5) is 18.6. The first kappa shape index (κ1) is 17.7. The zero-order valence-corrected chi connectivity index (χ0v) is 14.2. The summed E-state index contributed by atoms with van der Waals surface area (Å²) >= 11 is 0. The number of carbonyl (C=O) groups excluding carboxylic acids is 1. The van der Waals surface area contributed by atoms with Crippen LogP contribution < -0.4 is 10.5 Å². The molecule has 1 fully saturated rings. The van der Waals surface area contributed by atoms with E-state index in [9.17, 15) is 13.2 Å². The molecule has 0 saturated carbocycles. The minimum Gasteiger partial charge on any atom is -0.397 e. The Morgan fingerprint density at radius 2 is 2.22 bits per heavy atom. The monoisotopic (exact) mass is 340 g/mol. The van der Waals surface area contributed by atoms with Gasteiger partial charge in [-0.05, 0) is 37.8 Å². The second-order valence-corrected chi connectivity index (χ2v) is 7.78. The minimum atomic E-state index is -3.19. The van der Waals surface area contributed by atoms with Crippen molar-refractivity contribution in [3.05, 3.63) is 24.0 Å². The first-order chi connectivity index (χ1) is 10.8. The van der Waals surface area contributed by atoms with Crippen molar-refractivity contribution in [2.75, 3.05) is 25.1 Å². The van der Waals surface area contributed by atoms with Crippen molar-refractivity contribution in [3.63, 3.8) is 0 Å². The highest BCUT2D eigenvalue weighted by Gasteiger charge is 2.26. The number of pyridine rings is 1. The first-order valence-corrected chi connectivity index (χ1v) is 9.69. The van der Waals surface area contributed by atoms with Gasteiger partial charge in [-0.3, -0.25) is 9.78 Å². The van der Waals surface area contributed by atoms with Gasteiger partial charge in [-0.2, -0.15) is 0 Å². The predicted octanol–water partition coefficient (Wildman–Crippen LogP) is 0.527. The van der Waals surface area contributed by atoms with Crippen LogP contribution in [-0.2, 0) is 21.2 Å². The number of sulfonamides is 1. The molecule has 1 saturated heterocycles. The molecule has 7 nitrogen and oxygen atoms in total. The third-order valence-electron chi connectivity index (χ3n) is 3.97. The van der Waals surface area contributed by atoms with Crippen molar-refractivity contribution >= 4 is 21.6 Å². The molecular formula is C15H24N4O3S. The predicted molar refractivity (Wildman–Crippen MR) is 89.2 cm³/mol. The summed E-state index contributed by atoms with van der Waals surface area (Å²) in [7, 11) is -3.19. The van der Waals surface area contributed by atoms with E-state index in [1.165, 1.54) is 0 Å². The molecule has 2 rings (SSSR count). The van der Waals surface area contributed by atoms with Crippen molar-refractivity contribution in [1.82, 2.24) is 14.6 Å². The molecule has 1 aromatic heterocycles. The van der Waals surface area contributed by atoms with E-state index in [4.69, 9.17) is 5.73 Å². The Morgan fingerprint density at radius 1 is 1.43 bits per heavy atom. The fraction of sp³-hybridized carbons (Fsp3) is 0.600. The highest BCUT2D eigenvalue weighted by molar-refractivity contribution is 7.88. The number of nitrogen functional groups attached to an aromatic ring is 1. The molecule has 0 spiro atoms. The molecule has 0 aromatic carbocycles. The molecule has 128 valence electrons. The van der Waals surface area contributed by atoms with Gasteiger partial charge in [-0.25, -0.2) is 13.1 Å². The number of nitrogens with one attached hydrogen (secondary N) is 1. The molecule has 23 heavy (non-hydrogen) atoms. The quantitative estimate of drug-likeness (QED) is 0.786. The number of likely N-dealkylation sites (tertiary alicyclic amines) is 1. The van der Waals surface area contributed by atoms with Gasteiger partial charge in [0.05, 0.1) is 24.6 Å². The van der Waals surface area contributed by atoms with Crippen LogP contribution in [-0.4, -0.2) is 49.6 Å². The number of hydrogen-bond acceptors (Lipinski definition) is 5. The van der Waals surface area contributed by atoms with Crippen molar-refractivity contribution in [2.45, 2.75) is 38.1 Å². The Labute approximate surface area is 137 Å². The largest absolute Gasteiger partial charge is 0.397 e. The molecule has 0 aliphatic carbocycles. The molecule has 1 aliphatic rings. The average Bonchev–Trinajstić information content (AvgIpc) is 2.49. The Bertz CT molecular complexity index is 631. The van der Waals surface area contributed by atoms with E-state index in [0.29, 0.717) is 24.3 Å². The Kier molecular flexibility index (Phi) is 5.95. The van der Waals surface area contributed by atoms with E-state index >= 15 is 0 Å². The van der Waals surface area contributed by atoms with Crippen LogP contribution in [0.25, 0.3) is 0 Å². The second kappa shape index (κ2) is 7.74. The normalized spacial score (nSPS) is 18.8. The standard InChI is InChI=1S/C15H24N4O3S/c1-23(21,22)18-8-7-14-4-2-3-9-19(14)15(20)10-13-6-5-12(16)11-17-13/h5-6,11,14,18H,2-4,7-10,16H2,1H3. The lowest BCUT2D eigenvalue weighted by Crippen LogP contribution is -2.45. The molecule has 1 aliphatic heterocycles. The SMILES string of the molecule is CS(=O)(=O)NCCC1CCCCN1C(=O)Cc1ccc(N)cn1. The number of rotatable bonds is 6. The molecule has 1 amide bonds. The maximum absolute atomic E-state index is 12.5. The van der Waals surface area contributed by atoms with E-state index in [0.717, 1.165) is 32.1 Å². The van der Waals surface area contributed by atoms with Crippen LogP contribution in [0, 0.1) is 0 Å². The molecule has 1 atom stereocenters. The first-order valence-electron chi connectivity index (χ1n) is 7.79. The number of carbonyl (C=O) groups is 1. The number of nitrogens with two attached hydrogens (primary N) is 1. The summed E-state index contributed by atoms with van der Waals surface area (Å²) in [5.74, 6) is 0.0336. The van der Waals surface area contributed by atoms with Crippen LogP contribution >= 0.6 is 0 Å². The second-order valence-electron chi connectivity index (χ2n) is 5.95. The maximum atomic E-state index is 12.5. The lowest BCUT2D eigenvalue weighted by Gasteiger charge is -2.36. The third-order valence-corrected chi connectivity index (χ3v) is 4.70. The maximum Gasteiger partial charge on any atom is 0.228 e. The van der Waals surface area contributed by atoms with Crippen LogP contribution in [0.1, 0.15) is 31.4 Å². The van der Waals surface area contributed by atoms with E-state index in [1.54, 1.807) is 18.3 Å². The zero-order valence-electron chi connectivity index (χ0n) is 13.4. The van der Waals surface area contributed by atoms with E-state index < -0.39 is 10.0 Å². The molecule has 2 heterocycles. The van der Waals surface area contributed by atoms with Gasteiger partial charge in [0.25, 0.3) is 0 Å². The summed E-state index contributed by atoms with van der Waals surface area (Å²) in [6.45, 7) is 1.07. The fourth-order valence-corrected chi connectivity index (χ4v) is 3.33. The minimum absolute atomic E-state index is 0.0336. The summed E-state index contributed by atoms with van der Waals surface area (Å²) in [6, 6.07) is 3.58. The van der Waals surface area contributed by atoms with Crippen LogP contribution in [0.15, 0.2) is 18.3 Å². The molecular weight excluding hydrogens is 316 g/mol. The molecule has 8 heteroatoms.